The Bertz CT molecular complexity index is 586. The van der Waals surface area contributed by atoms with Crippen LogP contribution in [0.25, 0.3) is 11.4 Å². The van der Waals surface area contributed by atoms with Gasteiger partial charge >= 0.3 is 0 Å². The summed E-state index contributed by atoms with van der Waals surface area (Å²) in [5, 5.41) is 0. The van der Waals surface area contributed by atoms with Gasteiger partial charge in [-0.2, -0.15) is 0 Å². The predicted molar refractivity (Wildman–Crippen MR) is 112 cm³/mol. The van der Waals surface area contributed by atoms with Crippen LogP contribution < -0.4 is 4.57 Å². The summed E-state index contributed by atoms with van der Waals surface area (Å²) in [5.74, 6) is 1.31. The van der Waals surface area contributed by atoms with Crippen molar-refractivity contribution in [1.29, 1.82) is 0 Å². The maximum absolute atomic E-state index is 2.41. The molecule has 0 spiro atoms. The highest BCUT2D eigenvalue weighted by Crippen LogP contribution is 2.15. The summed E-state index contributed by atoms with van der Waals surface area (Å²) >= 11 is 0. The normalized spacial score (nSPS) is 11.2. The molecule has 0 bridgehead atoms. The average Bonchev–Trinajstić information content (AvgIpc) is 3.04. The monoisotopic (exact) mass is 355 g/mol. The van der Waals surface area contributed by atoms with Crippen LogP contribution in [0.4, 0.5) is 0 Å². The van der Waals surface area contributed by atoms with Gasteiger partial charge < -0.3 is 0 Å². The second-order valence-corrected chi connectivity index (χ2v) is 7.68. The third-order valence-corrected chi connectivity index (χ3v) is 5.36. The Labute approximate surface area is 161 Å². The van der Waals surface area contributed by atoms with Crippen molar-refractivity contribution in [2.75, 3.05) is 0 Å². The van der Waals surface area contributed by atoms with Crippen LogP contribution in [0, 0.1) is 0 Å². The first-order chi connectivity index (χ1) is 12.8. The Hall–Kier alpha value is -1.57. The summed E-state index contributed by atoms with van der Waals surface area (Å²) in [7, 11) is 2.14. The lowest BCUT2D eigenvalue weighted by atomic mass is 10.1. The van der Waals surface area contributed by atoms with E-state index in [2.05, 4.69) is 65.8 Å². The molecular formula is C24H39N2+. The summed E-state index contributed by atoms with van der Waals surface area (Å²) < 4.78 is 4.64. The molecule has 0 fully saturated rings. The zero-order valence-electron chi connectivity index (χ0n) is 17.1. The Kier molecular flexibility index (Phi) is 10.2. The van der Waals surface area contributed by atoms with Gasteiger partial charge in [0.2, 0.25) is 0 Å². The van der Waals surface area contributed by atoms with Gasteiger partial charge in [-0.3, -0.25) is 0 Å². The number of unbranched alkanes of at least 4 members (excludes halogenated alkanes) is 11. The molecule has 1 aromatic carbocycles. The van der Waals surface area contributed by atoms with Gasteiger partial charge in [0.1, 0.15) is 12.4 Å². The first-order valence-electron chi connectivity index (χ1n) is 10.9. The topological polar surface area (TPSA) is 8.81 Å². The number of rotatable bonds is 14. The standard InChI is InChI=1S/C24H39N2/c1-3-4-5-6-7-8-9-10-11-12-13-17-20-26-22-21-25(2)24(26)23-18-15-14-16-19-23/h14-16,18-19,21-22H,3-13,17,20H2,1-2H3/q+1. The molecule has 0 saturated heterocycles. The number of imidazole rings is 1. The van der Waals surface area contributed by atoms with Crippen LogP contribution in [0.1, 0.15) is 84.0 Å². The maximum Gasteiger partial charge on any atom is 0.288 e. The van der Waals surface area contributed by atoms with E-state index in [4.69, 9.17) is 0 Å². The second kappa shape index (κ2) is 12.7. The van der Waals surface area contributed by atoms with Gasteiger partial charge in [-0.05, 0) is 25.0 Å². The fraction of sp³-hybridized carbons (Fsp3) is 0.625. The molecular weight excluding hydrogens is 316 g/mol. The van der Waals surface area contributed by atoms with Crippen LogP contribution in [0.3, 0.4) is 0 Å². The number of aromatic nitrogens is 2. The van der Waals surface area contributed by atoms with E-state index in [1.54, 1.807) is 0 Å². The van der Waals surface area contributed by atoms with Crippen LogP contribution in [-0.4, -0.2) is 4.57 Å². The Morgan fingerprint density at radius 1 is 0.731 bits per heavy atom. The molecule has 26 heavy (non-hydrogen) atoms. The molecule has 2 nitrogen and oxygen atoms in total. The fourth-order valence-corrected chi connectivity index (χ4v) is 3.78. The van der Waals surface area contributed by atoms with Crippen molar-refractivity contribution in [1.82, 2.24) is 4.57 Å². The molecule has 2 heteroatoms. The minimum Gasteiger partial charge on any atom is -0.233 e. The molecule has 1 heterocycles. The summed E-state index contributed by atoms with van der Waals surface area (Å²) in [6.07, 6.45) is 21.3. The molecule has 0 N–H and O–H groups in total. The number of hydrogen-bond acceptors (Lipinski definition) is 0. The second-order valence-electron chi connectivity index (χ2n) is 7.68. The molecule has 0 atom stereocenters. The smallest absolute Gasteiger partial charge is 0.233 e. The van der Waals surface area contributed by atoms with Crippen molar-refractivity contribution < 1.29 is 4.57 Å². The van der Waals surface area contributed by atoms with Crippen LogP contribution in [0.5, 0.6) is 0 Å². The Morgan fingerprint density at radius 3 is 1.85 bits per heavy atom. The molecule has 0 radical (unpaired) electrons. The molecule has 0 aliphatic rings. The van der Waals surface area contributed by atoms with E-state index >= 15 is 0 Å². The molecule has 2 rings (SSSR count). The number of nitrogens with zero attached hydrogens (tertiary/aromatic N) is 2. The average molecular weight is 356 g/mol. The van der Waals surface area contributed by atoms with Crippen LogP contribution in [-0.2, 0) is 13.6 Å². The summed E-state index contributed by atoms with van der Waals surface area (Å²) in [4.78, 5) is 0. The van der Waals surface area contributed by atoms with Crippen molar-refractivity contribution in [3.05, 3.63) is 42.7 Å². The van der Waals surface area contributed by atoms with Gasteiger partial charge in [0, 0.05) is 0 Å². The van der Waals surface area contributed by atoms with Crippen molar-refractivity contribution >= 4 is 0 Å². The SMILES string of the molecule is CCCCCCCCCCCCCC[n+]1ccn(C)c1-c1ccccc1. The fourth-order valence-electron chi connectivity index (χ4n) is 3.78. The largest absolute Gasteiger partial charge is 0.288 e. The van der Waals surface area contributed by atoms with E-state index < -0.39 is 0 Å². The minimum absolute atomic E-state index is 1.13. The molecule has 0 amide bonds. The lowest BCUT2D eigenvalue weighted by Gasteiger charge is -2.04. The highest BCUT2D eigenvalue weighted by atomic mass is 15.1. The van der Waals surface area contributed by atoms with Gasteiger partial charge in [-0.25, -0.2) is 9.13 Å². The quantitative estimate of drug-likeness (QED) is 0.264. The summed E-state index contributed by atoms with van der Waals surface area (Å²) in [6.45, 7) is 3.42. The first kappa shape index (κ1) is 20.7. The molecule has 1 aromatic heterocycles. The third-order valence-electron chi connectivity index (χ3n) is 5.36. The zero-order valence-corrected chi connectivity index (χ0v) is 17.1. The van der Waals surface area contributed by atoms with Gasteiger partial charge in [-0.15, -0.1) is 0 Å². The maximum atomic E-state index is 2.41. The van der Waals surface area contributed by atoms with E-state index in [1.165, 1.54) is 88.4 Å². The minimum atomic E-state index is 1.13. The number of hydrogen-bond donors (Lipinski definition) is 0. The van der Waals surface area contributed by atoms with Gasteiger partial charge in [0.05, 0.1) is 19.2 Å². The van der Waals surface area contributed by atoms with Crippen molar-refractivity contribution in [2.24, 2.45) is 7.05 Å². The van der Waals surface area contributed by atoms with Gasteiger partial charge in [0.15, 0.2) is 0 Å². The van der Waals surface area contributed by atoms with E-state index in [0.29, 0.717) is 0 Å². The van der Waals surface area contributed by atoms with Crippen molar-refractivity contribution in [3.8, 4) is 11.4 Å². The highest BCUT2D eigenvalue weighted by Gasteiger charge is 2.15. The molecule has 0 unspecified atom stereocenters. The van der Waals surface area contributed by atoms with Crippen molar-refractivity contribution in [3.63, 3.8) is 0 Å². The zero-order chi connectivity index (χ0) is 18.5. The first-order valence-corrected chi connectivity index (χ1v) is 10.9. The lowest BCUT2D eigenvalue weighted by molar-refractivity contribution is -0.685. The van der Waals surface area contributed by atoms with Gasteiger partial charge in [-0.1, -0.05) is 89.3 Å². The molecule has 0 saturated carbocycles. The number of aryl methyl sites for hydroxylation is 2. The van der Waals surface area contributed by atoms with E-state index in [0.717, 1.165) is 6.54 Å². The van der Waals surface area contributed by atoms with Crippen LogP contribution in [0.2, 0.25) is 0 Å². The Morgan fingerprint density at radius 2 is 1.27 bits per heavy atom. The van der Waals surface area contributed by atoms with Crippen LogP contribution >= 0.6 is 0 Å². The molecule has 0 aliphatic heterocycles. The van der Waals surface area contributed by atoms with Crippen LogP contribution in [0.15, 0.2) is 42.7 Å². The molecule has 144 valence electrons. The van der Waals surface area contributed by atoms with E-state index in [1.807, 2.05) is 0 Å². The number of benzene rings is 1. The summed E-state index contributed by atoms with van der Waals surface area (Å²) in [5.41, 5.74) is 1.30. The lowest BCUT2D eigenvalue weighted by Crippen LogP contribution is -2.34. The van der Waals surface area contributed by atoms with Crippen molar-refractivity contribution in [2.45, 2.75) is 90.5 Å². The molecule has 0 aliphatic carbocycles. The molecule has 2 aromatic rings. The van der Waals surface area contributed by atoms with E-state index in [9.17, 15) is 0 Å². The predicted octanol–water partition coefficient (Wildman–Crippen LogP) is 6.68. The van der Waals surface area contributed by atoms with E-state index in [-0.39, 0.29) is 0 Å². The third kappa shape index (κ3) is 7.35. The highest BCUT2D eigenvalue weighted by molar-refractivity contribution is 5.52. The van der Waals surface area contributed by atoms with Gasteiger partial charge in [0.25, 0.3) is 5.82 Å². The Balaban J connectivity index is 1.56. The summed E-state index contributed by atoms with van der Waals surface area (Å²) in [6, 6.07) is 10.7.